The maximum absolute atomic E-state index is 12.4. The van der Waals surface area contributed by atoms with Crippen molar-refractivity contribution in [2.24, 2.45) is 5.92 Å². The van der Waals surface area contributed by atoms with Crippen LogP contribution >= 0.6 is 0 Å². The number of nitrogens with zero attached hydrogens (tertiary/aromatic N) is 2. The van der Waals surface area contributed by atoms with Gasteiger partial charge in [0.05, 0.1) is 5.92 Å². The maximum atomic E-state index is 12.4. The first kappa shape index (κ1) is 21.8. The molecule has 0 radical (unpaired) electrons. The molecule has 2 saturated heterocycles. The van der Waals surface area contributed by atoms with Crippen molar-refractivity contribution in [3.63, 3.8) is 0 Å². The van der Waals surface area contributed by atoms with E-state index in [2.05, 4.69) is 33.3 Å². The van der Waals surface area contributed by atoms with Crippen molar-refractivity contribution in [3.05, 3.63) is 29.3 Å². The van der Waals surface area contributed by atoms with E-state index in [9.17, 15) is 14.4 Å². The average Bonchev–Trinajstić information content (AvgIpc) is 3.12. The average molecular weight is 428 g/mol. The van der Waals surface area contributed by atoms with Gasteiger partial charge in [-0.3, -0.25) is 24.6 Å². The molecule has 7 heteroatoms. The predicted octanol–water partition coefficient (Wildman–Crippen LogP) is 2.41. The van der Waals surface area contributed by atoms with Gasteiger partial charge in [0.1, 0.15) is 11.6 Å². The Morgan fingerprint density at radius 2 is 1.84 bits per heavy atom. The number of rotatable bonds is 4. The Balaban J connectivity index is 1.38. The van der Waals surface area contributed by atoms with E-state index in [1.54, 1.807) is 0 Å². The number of piperidine rings is 2. The summed E-state index contributed by atoms with van der Waals surface area (Å²) in [7, 11) is 0. The van der Waals surface area contributed by atoms with Crippen LogP contribution in [0.5, 0.6) is 0 Å². The summed E-state index contributed by atoms with van der Waals surface area (Å²) in [6, 6.07) is 6.06. The van der Waals surface area contributed by atoms with Crippen LogP contribution in [-0.4, -0.2) is 54.0 Å². The molecule has 0 aromatic heterocycles. The van der Waals surface area contributed by atoms with Crippen molar-refractivity contribution in [1.82, 2.24) is 10.2 Å². The van der Waals surface area contributed by atoms with Crippen molar-refractivity contribution < 1.29 is 19.1 Å². The molecule has 0 spiro atoms. The van der Waals surface area contributed by atoms with Crippen LogP contribution in [0.4, 0.5) is 5.69 Å². The van der Waals surface area contributed by atoms with Gasteiger partial charge in [0, 0.05) is 25.2 Å². The number of hydrogen-bond acceptors (Lipinski definition) is 6. The quantitative estimate of drug-likeness (QED) is 0.587. The molecule has 0 unspecified atom stereocenters. The Labute approximate surface area is 184 Å². The van der Waals surface area contributed by atoms with E-state index in [-0.39, 0.29) is 29.7 Å². The van der Waals surface area contributed by atoms with Crippen LogP contribution in [0.25, 0.3) is 0 Å². The Bertz CT molecular complexity index is 868. The first-order valence-electron chi connectivity index (χ1n) is 11.4. The Morgan fingerprint density at radius 3 is 2.52 bits per heavy atom. The molecule has 3 aliphatic heterocycles. The summed E-state index contributed by atoms with van der Waals surface area (Å²) in [4.78, 5) is 40.8. The largest absolute Gasteiger partial charge is 0.460 e. The summed E-state index contributed by atoms with van der Waals surface area (Å²) in [5.41, 5.74) is 3.29. The number of esters is 1. The fourth-order valence-electron chi connectivity index (χ4n) is 4.94. The van der Waals surface area contributed by atoms with Crippen molar-refractivity contribution in [2.45, 2.75) is 71.1 Å². The van der Waals surface area contributed by atoms with Crippen molar-refractivity contribution in [1.29, 1.82) is 0 Å². The van der Waals surface area contributed by atoms with E-state index in [0.29, 0.717) is 12.8 Å². The third-order valence-electron chi connectivity index (χ3n) is 6.47. The smallest absolute Gasteiger partial charge is 0.309 e. The lowest BCUT2D eigenvalue weighted by Gasteiger charge is -2.33. The molecule has 31 heavy (non-hydrogen) atoms. The van der Waals surface area contributed by atoms with Crippen molar-refractivity contribution >= 4 is 23.5 Å². The fourth-order valence-corrected chi connectivity index (χ4v) is 4.94. The molecule has 7 nitrogen and oxygen atoms in total. The number of benzene rings is 1. The highest BCUT2D eigenvalue weighted by molar-refractivity contribution is 6.02. The predicted molar refractivity (Wildman–Crippen MR) is 118 cm³/mol. The van der Waals surface area contributed by atoms with Gasteiger partial charge in [0.15, 0.2) is 0 Å². The first-order valence-corrected chi connectivity index (χ1v) is 11.4. The Hall–Kier alpha value is -2.41. The second-order valence-electron chi connectivity index (χ2n) is 9.91. The molecule has 0 saturated carbocycles. The number of ether oxygens (including phenoxy) is 1. The third-order valence-corrected chi connectivity index (χ3v) is 6.47. The highest BCUT2D eigenvalue weighted by Crippen LogP contribution is 2.35. The lowest BCUT2D eigenvalue weighted by atomic mass is 9.95. The van der Waals surface area contributed by atoms with Gasteiger partial charge in [0.25, 0.3) is 0 Å². The first-order chi connectivity index (χ1) is 14.7. The number of carbonyl (C=O) groups is 3. The molecular formula is C24H33N3O4. The number of anilines is 1. The molecule has 1 aromatic carbocycles. The molecule has 4 rings (SSSR count). The number of carbonyl (C=O) groups excluding carboxylic acids is 3. The number of imide groups is 1. The summed E-state index contributed by atoms with van der Waals surface area (Å²) >= 11 is 0. The van der Waals surface area contributed by atoms with Crippen LogP contribution < -0.4 is 10.2 Å². The number of likely N-dealkylation sites (tertiary alicyclic amines) is 1. The van der Waals surface area contributed by atoms with E-state index >= 15 is 0 Å². The zero-order chi connectivity index (χ0) is 22.2. The summed E-state index contributed by atoms with van der Waals surface area (Å²) in [5.74, 6) is -0.449. The minimum atomic E-state index is -0.437. The lowest BCUT2D eigenvalue weighted by molar-refractivity contribution is -0.161. The highest BCUT2D eigenvalue weighted by Gasteiger charge is 2.36. The minimum Gasteiger partial charge on any atom is -0.460 e. The molecule has 2 fully saturated rings. The van der Waals surface area contributed by atoms with Crippen LogP contribution in [-0.2, 0) is 32.1 Å². The molecule has 0 aliphatic carbocycles. The maximum Gasteiger partial charge on any atom is 0.309 e. The van der Waals surface area contributed by atoms with E-state index in [1.807, 2.05) is 20.8 Å². The van der Waals surface area contributed by atoms with Gasteiger partial charge >= 0.3 is 5.97 Å². The summed E-state index contributed by atoms with van der Waals surface area (Å²) in [5, 5.41) is 2.48. The molecule has 1 aromatic rings. The number of amides is 2. The molecule has 1 N–H and O–H groups in total. The van der Waals surface area contributed by atoms with Crippen LogP contribution in [0.2, 0.25) is 0 Å². The zero-order valence-electron chi connectivity index (χ0n) is 18.8. The summed E-state index contributed by atoms with van der Waals surface area (Å²) in [6.07, 6.45) is 3.54. The second kappa shape index (κ2) is 8.61. The van der Waals surface area contributed by atoms with Gasteiger partial charge in [-0.15, -0.1) is 0 Å². The van der Waals surface area contributed by atoms with E-state index < -0.39 is 5.60 Å². The molecular weight excluding hydrogens is 394 g/mol. The fraction of sp³-hybridized carbons (Fsp3) is 0.625. The Kier molecular flexibility index (Phi) is 6.06. The third kappa shape index (κ3) is 4.92. The van der Waals surface area contributed by atoms with Gasteiger partial charge in [-0.25, -0.2) is 0 Å². The topological polar surface area (TPSA) is 79.0 Å². The Morgan fingerprint density at radius 1 is 1.10 bits per heavy atom. The normalized spacial score (nSPS) is 22.9. The van der Waals surface area contributed by atoms with Gasteiger partial charge in [0.2, 0.25) is 11.8 Å². The minimum absolute atomic E-state index is 0.0139. The monoisotopic (exact) mass is 427 g/mol. The van der Waals surface area contributed by atoms with E-state index in [1.165, 1.54) is 11.1 Å². The number of hydrogen-bond donors (Lipinski definition) is 1. The van der Waals surface area contributed by atoms with Crippen LogP contribution in [0.1, 0.15) is 57.6 Å². The van der Waals surface area contributed by atoms with E-state index in [4.69, 9.17) is 4.74 Å². The molecule has 1 atom stereocenters. The van der Waals surface area contributed by atoms with Crippen molar-refractivity contribution in [2.75, 3.05) is 24.5 Å². The summed E-state index contributed by atoms with van der Waals surface area (Å²) < 4.78 is 5.56. The molecule has 0 bridgehead atoms. The second-order valence-corrected chi connectivity index (χ2v) is 9.91. The van der Waals surface area contributed by atoms with Crippen molar-refractivity contribution in [3.8, 4) is 0 Å². The zero-order valence-corrected chi connectivity index (χ0v) is 18.8. The number of nitrogens with one attached hydrogen (secondary N) is 1. The van der Waals surface area contributed by atoms with Crippen LogP contribution in [0.15, 0.2) is 18.2 Å². The SMILES string of the molecule is CC(C)(C)OC(=O)C1CCN(Cc2cccc3c2CCN3[C@H]2CCC(=O)NC2=O)CC1. The van der Waals surface area contributed by atoms with Gasteiger partial charge in [-0.2, -0.15) is 0 Å². The lowest BCUT2D eigenvalue weighted by Crippen LogP contribution is -2.52. The van der Waals surface area contributed by atoms with Gasteiger partial charge in [-0.05, 0) is 76.7 Å². The molecule has 168 valence electrons. The standard InChI is InChI=1S/C24H33N3O4/c1-24(2,3)31-23(30)16-9-12-26(13-10-16)15-17-5-4-6-19-18(17)11-14-27(19)20-7-8-21(28)25-22(20)29/h4-6,16,20H,7-15H2,1-3H3,(H,25,28,29)/t20-/m0/s1. The summed E-state index contributed by atoms with van der Waals surface area (Å²) in [6.45, 7) is 9.15. The van der Waals surface area contributed by atoms with E-state index in [0.717, 1.165) is 51.1 Å². The van der Waals surface area contributed by atoms with Crippen LogP contribution in [0, 0.1) is 5.92 Å². The van der Waals surface area contributed by atoms with Gasteiger partial charge in [-0.1, -0.05) is 12.1 Å². The highest BCUT2D eigenvalue weighted by atomic mass is 16.6. The molecule has 3 heterocycles. The van der Waals surface area contributed by atoms with Gasteiger partial charge < -0.3 is 9.64 Å². The molecule has 2 amide bonds. The number of fused-ring (bicyclic) bond motifs is 1. The van der Waals surface area contributed by atoms with Crippen LogP contribution in [0.3, 0.4) is 0 Å². The molecule has 3 aliphatic rings.